The molecule has 0 aromatic heterocycles. The second-order valence-electron chi connectivity index (χ2n) is 5.42. The number of hydrogen-bond acceptors (Lipinski definition) is 3. The van der Waals surface area contributed by atoms with E-state index in [0.717, 1.165) is 16.9 Å². The Hall–Kier alpha value is -1.56. The minimum Gasteiger partial charge on any atom is -0.355 e. The fourth-order valence-electron chi connectivity index (χ4n) is 2.07. The van der Waals surface area contributed by atoms with Crippen molar-refractivity contribution in [3.05, 3.63) is 66.0 Å². The Morgan fingerprint density at radius 1 is 1.17 bits per heavy atom. The standard InChI is InChI=1S/C18H21FN2OS.ClH/c1-13(20)11-12-21-18(22)17(14-5-3-2-4-6-14)23-16-9-7-15(19)8-10-16;/h2-10,13,17H,11-12,20H2,1H3,(H,21,22);1H. The Morgan fingerprint density at radius 3 is 2.38 bits per heavy atom. The predicted octanol–water partition coefficient (Wildman–Crippen LogP) is 3.93. The first kappa shape index (κ1) is 20.5. The number of amides is 1. The molecule has 3 nitrogen and oxygen atoms in total. The van der Waals surface area contributed by atoms with Crippen LogP contribution in [0.2, 0.25) is 0 Å². The van der Waals surface area contributed by atoms with Gasteiger partial charge in [-0.3, -0.25) is 4.79 Å². The van der Waals surface area contributed by atoms with Crippen molar-refractivity contribution in [2.45, 2.75) is 29.5 Å². The van der Waals surface area contributed by atoms with Crippen LogP contribution in [0.15, 0.2) is 59.5 Å². The van der Waals surface area contributed by atoms with Gasteiger partial charge in [-0.1, -0.05) is 30.3 Å². The lowest BCUT2D eigenvalue weighted by molar-refractivity contribution is -0.120. The first-order valence-electron chi connectivity index (χ1n) is 7.56. The SMILES string of the molecule is CC(N)CCNC(=O)C(Sc1ccc(F)cc1)c1ccccc1.Cl. The van der Waals surface area contributed by atoms with Gasteiger partial charge in [-0.2, -0.15) is 0 Å². The lowest BCUT2D eigenvalue weighted by atomic mass is 10.1. The summed E-state index contributed by atoms with van der Waals surface area (Å²) in [5.41, 5.74) is 6.63. The zero-order chi connectivity index (χ0) is 16.7. The van der Waals surface area contributed by atoms with E-state index in [4.69, 9.17) is 5.73 Å². The summed E-state index contributed by atoms with van der Waals surface area (Å²) in [4.78, 5) is 13.4. The average Bonchev–Trinajstić information content (AvgIpc) is 2.54. The number of nitrogens with one attached hydrogen (secondary N) is 1. The van der Waals surface area contributed by atoms with Gasteiger partial charge in [0, 0.05) is 17.5 Å². The normalized spacial score (nSPS) is 12.8. The Kier molecular flexibility index (Phi) is 8.82. The number of carbonyl (C=O) groups is 1. The number of benzene rings is 2. The lowest BCUT2D eigenvalue weighted by Crippen LogP contribution is -2.31. The minimum absolute atomic E-state index is 0. The molecule has 3 N–H and O–H groups in total. The Morgan fingerprint density at radius 2 is 1.79 bits per heavy atom. The summed E-state index contributed by atoms with van der Waals surface area (Å²) in [5, 5.41) is 2.55. The van der Waals surface area contributed by atoms with Crippen molar-refractivity contribution in [2.75, 3.05) is 6.54 Å². The quantitative estimate of drug-likeness (QED) is 0.728. The first-order valence-corrected chi connectivity index (χ1v) is 8.44. The number of rotatable bonds is 7. The van der Waals surface area contributed by atoms with Crippen LogP contribution in [0.4, 0.5) is 4.39 Å². The fraction of sp³-hybridized carbons (Fsp3) is 0.278. The average molecular weight is 369 g/mol. The zero-order valence-corrected chi connectivity index (χ0v) is 15.1. The summed E-state index contributed by atoms with van der Waals surface area (Å²) in [6, 6.07) is 15.8. The Labute approximate surface area is 152 Å². The summed E-state index contributed by atoms with van der Waals surface area (Å²) in [5.74, 6) is -0.349. The minimum atomic E-state index is -0.380. The Bertz CT molecular complexity index is 623. The number of carbonyl (C=O) groups excluding carboxylic acids is 1. The van der Waals surface area contributed by atoms with Crippen molar-refractivity contribution in [1.29, 1.82) is 0 Å². The van der Waals surface area contributed by atoms with Gasteiger partial charge >= 0.3 is 0 Å². The molecule has 0 spiro atoms. The fourth-order valence-corrected chi connectivity index (χ4v) is 3.11. The molecular formula is C18H22ClFN2OS. The van der Waals surface area contributed by atoms with Crippen molar-refractivity contribution in [1.82, 2.24) is 5.32 Å². The maximum Gasteiger partial charge on any atom is 0.237 e. The third-order valence-electron chi connectivity index (χ3n) is 3.31. The highest BCUT2D eigenvalue weighted by atomic mass is 35.5. The molecule has 24 heavy (non-hydrogen) atoms. The highest BCUT2D eigenvalue weighted by Crippen LogP contribution is 2.35. The number of hydrogen-bond donors (Lipinski definition) is 2. The van der Waals surface area contributed by atoms with Gasteiger partial charge in [0.15, 0.2) is 0 Å². The van der Waals surface area contributed by atoms with E-state index in [0.29, 0.717) is 6.54 Å². The number of halogens is 2. The van der Waals surface area contributed by atoms with Crippen LogP contribution in [0.3, 0.4) is 0 Å². The smallest absolute Gasteiger partial charge is 0.237 e. The second-order valence-corrected chi connectivity index (χ2v) is 6.60. The molecule has 0 bridgehead atoms. The van der Waals surface area contributed by atoms with Crippen LogP contribution >= 0.6 is 24.2 Å². The molecule has 1 amide bonds. The summed E-state index contributed by atoms with van der Waals surface area (Å²) in [7, 11) is 0. The molecule has 2 rings (SSSR count). The molecular weight excluding hydrogens is 347 g/mol. The summed E-state index contributed by atoms with van der Waals surface area (Å²) in [6.07, 6.45) is 0.731. The van der Waals surface area contributed by atoms with E-state index in [9.17, 15) is 9.18 Å². The van der Waals surface area contributed by atoms with E-state index in [1.165, 1.54) is 23.9 Å². The van der Waals surface area contributed by atoms with Gasteiger partial charge in [0.05, 0.1) is 0 Å². The van der Waals surface area contributed by atoms with Crippen LogP contribution in [0.5, 0.6) is 0 Å². The molecule has 0 saturated carbocycles. The highest BCUT2D eigenvalue weighted by molar-refractivity contribution is 8.00. The maximum absolute atomic E-state index is 13.0. The van der Waals surface area contributed by atoms with Crippen LogP contribution in [0, 0.1) is 5.82 Å². The van der Waals surface area contributed by atoms with Crippen LogP contribution in [0.1, 0.15) is 24.2 Å². The topological polar surface area (TPSA) is 55.1 Å². The van der Waals surface area contributed by atoms with E-state index in [2.05, 4.69) is 5.32 Å². The molecule has 0 radical (unpaired) electrons. The molecule has 2 unspecified atom stereocenters. The van der Waals surface area contributed by atoms with Gasteiger partial charge in [0.25, 0.3) is 0 Å². The van der Waals surface area contributed by atoms with Crippen molar-refractivity contribution in [3.63, 3.8) is 0 Å². The van der Waals surface area contributed by atoms with Crippen LogP contribution in [0.25, 0.3) is 0 Å². The third-order valence-corrected chi connectivity index (χ3v) is 4.57. The van der Waals surface area contributed by atoms with Gasteiger partial charge in [-0.25, -0.2) is 4.39 Å². The predicted molar refractivity (Wildman–Crippen MR) is 100.0 cm³/mol. The molecule has 0 saturated heterocycles. The van der Waals surface area contributed by atoms with E-state index in [1.807, 2.05) is 37.3 Å². The summed E-state index contributed by atoms with van der Waals surface area (Å²) < 4.78 is 13.0. The van der Waals surface area contributed by atoms with Gasteiger partial charge in [0.2, 0.25) is 5.91 Å². The summed E-state index contributed by atoms with van der Waals surface area (Å²) >= 11 is 1.41. The lowest BCUT2D eigenvalue weighted by Gasteiger charge is -2.17. The molecule has 0 aliphatic heterocycles. The summed E-state index contributed by atoms with van der Waals surface area (Å²) in [6.45, 7) is 2.46. The Balaban J connectivity index is 0.00000288. The maximum atomic E-state index is 13.0. The van der Waals surface area contributed by atoms with Crippen molar-refractivity contribution in [3.8, 4) is 0 Å². The van der Waals surface area contributed by atoms with Crippen LogP contribution < -0.4 is 11.1 Å². The molecule has 0 aliphatic carbocycles. The van der Waals surface area contributed by atoms with E-state index >= 15 is 0 Å². The molecule has 0 heterocycles. The number of thioether (sulfide) groups is 1. The van der Waals surface area contributed by atoms with Gasteiger partial charge in [0.1, 0.15) is 11.1 Å². The van der Waals surface area contributed by atoms with Crippen molar-refractivity contribution >= 4 is 30.1 Å². The molecule has 2 aromatic rings. The second kappa shape index (κ2) is 10.3. The monoisotopic (exact) mass is 368 g/mol. The highest BCUT2D eigenvalue weighted by Gasteiger charge is 2.21. The number of nitrogens with two attached hydrogens (primary N) is 1. The van der Waals surface area contributed by atoms with Gasteiger partial charge in [-0.05, 0) is 43.2 Å². The van der Waals surface area contributed by atoms with E-state index in [1.54, 1.807) is 12.1 Å². The first-order chi connectivity index (χ1) is 11.1. The largest absolute Gasteiger partial charge is 0.355 e. The molecule has 0 fully saturated rings. The molecule has 2 aromatic carbocycles. The van der Waals surface area contributed by atoms with E-state index in [-0.39, 0.29) is 35.4 Å². The van der Waals surface area contributed by atoms with Crippen molar-refractivity contribution in [2.24, 2.45) is 5.73 Å². The third kappa shape index (κ3) is 6.51. The zero-order valence-electron chi connectivity index (χ0n) is 13.4. The molecule has 0 aliphatic rings. The molecule has 2 atom stereocenters. The van der Waals surface area contributed by atoms with Crippen LogP contribution in [-0.4, -0.2) is 18.5 Å². The molecule has 130 valence electrons. The van der Waals surface area contributed by atoms with Gasteiger partial charge in [-0.15, -0.1) is 24.2 Å². The van der Waals surface area contributed by atoms with Crippen molar-refractivity contribution < 1.29 is 9.18 Å². The van der Waals surface area contributed by atoms with Crippen LogP contribution in [-0.2, 0) is 4.79 Å². The van der Waals surface area contributed by atoms with E-state index < -0.39 is 0 Å². The van der Waals surface area contributed by atoms with Gasteiger partial charge < -0.3 is 11.1 Å². The molecule has 6 heteroatoms.